The maximum atomic E-state index is 5.97. The summed E-state index contributed by atoms with van der Waals surface area (Å²) in [6.45, 7) is 0.715. The lowest BCUT2D eigenvalue weighted by Crippen LogP contribution is -2.05. The van der Waals surface area contributed by atoms with Gasteiger partial charge >= 0.3 is 0 Å². The molecule has 0 aliphatic rings. The summed E-state index contributed by atoms with van der Waals surface area (Å²) in [5, 5.41) is 0. The second kappa shape index (κ2) is 5.54. The topological polar surface area (TPSA) is 53.1 Å². The highest BCUT2D eigenvalue weighted by atomic mass is 35.5. The van der Waals surface area contributed by atoms with Crippen molar-refractivity contribution in [2.24, 2.45) is 0 Å². The van der Waals surface area contributed by atoms with Crippen LogP contribution in [0.25, 0.3) is 11.2 Å². The number of nitrogens with zero attached hydrogens (tertiary/aromatic N) is 3. The minimum absolute atomic E-state index is 0.344. The molecule has 3 aromatic rings. The van der Waals surface area contributed by atoms with Gasteiger partial charge in [0.05, 0.1) is 19.3 Å². The lowest BCUT2D eigenvalue weighted by Gasteiger charge is -2.06. The first-order chi connectivity index (χ1) is 9.81. The molecule has 0 aliphatic carbocycles. The molecule has 3 rings (SSSR count). The van der Waals surface area contributed by atoms with E-state index >= 15 is 0 Å². The summed E-state index contributed by atoms with van der Waals surface area (Å²) in [5.74, 6) is 2.64. The Morgan fingerprint density at radius 2 is 2.20 bits per heavy atom. The van der Waals surface area contributed by atoms with Gasteiger partial charge in [-0.15, -0.1) is 11.6 Å². The van der Waals surface area contributed by atoms with Crippen molar-refractivity contribution in [3.63, 3.8) is 0 Å². The SMILES string of the molecule is COc1ccc2nc(CCl)n(CCc3ccco3)c2n1. The number of pyridine rings is 1. The molecule has 0 aromatic carbocycles. The number of aromatic nitrogens is 3. The zero-order valence-electron chi connectivity index (χ0n) is 11.0. The number of alkyl halides is 1. The Morgan fingerprint density at radius 3 is 2.90 bits per heavy atom. The van der Waals surface area contributed by atoms with Crippen LogP contribution < -0.4 is 4.74 Å². The number of hydrogen-bond donors (Lipinski definition) is 0. The van der Waals surface area contributed by atoms with E-state index in [2.05, 4.69) is 9.97 Å². The summed E-state index contributed by atoms with van der Waals surface area (Å²) < 4.78 is 12.5. The molecule has 0 N–H and O–H groups in total. The van der Waals surface area contributed by atoms with E-state index < -0.39 is 0 Å². The Hall–Kier alpha value is -2.01. The van der Waals surface area contributed by atoms with Crippen LogP contribution in [0.4, 0.5) is 0 Å². The molecule has 0 aliphatic heterocycles. The van der Waals surface area contributed by atoms with E-state index in [1.54, 1.807) is 19.4 Å². The summed E-state index contributed by atoms with van der Waals surface area (Å²) >= 11 is 5.97. The van der Waals surface area contributed by atoms with Crippen molar-refractivity contribution in [3.05, 3.63) is 42.1 Å². The zero-order valence-corrected chi connectivity index (χ0v) is 11.8. The van der Waals surface area contributed by atoms with E-state index in [1.165, 1.54) is 0 Å². The van der Waals surface area contributed by atoms with E-state index in [0.29, 0.717) is 18.3 Å². The second-order valence-corrected chi connectivity index (χ2v) is 4.61. The number of fused-ring (bicyclic) bond motifs is 1. The van der Waals surface area contributed by atoms with E-state index in [0.717, 1.165) is 29.2 Å². The predicted molar refractivity (Wildman–Crippen MR) is 76.0 cm³/mol. The highest BCUT2D eigenvalue weighted by Crippen LogP contribution is 2.20. The summed E-state index contributed by atoms with van der Waals surface area (Å²) in [6, 6.07) is 7.52. The van der Waals surface area contributed by atoms with Gasteiger partial charge in [-0.05, 0) is 18.2 Å². The molecular formula is C14H14ClN3O2. The first-order valence-corrected chi connectivity index (χ1v) is 6.83. The average molecular weight is 292 g/mol. The third kappa shape index (κ3) is 2.36. The number of imidazole rings is 1. The quantitative estimate of drug-likeness (QED) is 0.678. The Labute approximate surface area is 121 Å². The van der Waals surface area contributed by atoms with Gasteiger partial charge < -0.3 is 13.7 Å². The van der Waals surface area contributed by atoms with Crippen molar-refractivity contribution in [3.8, 4) is 5.88 Å². The molecule has 20 heavy (non-hydrogen) atoms. The normalized spacial score (nSPS) is 11.1. The first kappa shape index (κ1) is 13.0. The van der Waals surface area contributed by atoms with E-state index in [-0.39, 0.29) is 0 Å². The van der Waals surface area contributed by atoms with Gasteiger partial charge in [-0.2, -0.15) is 4.98 Å². The van der Waals surface area contributed by atoms with Crippen molar-refractivity contribution in [1.82, 2.24) is 14.5 Å². The van der Waals surface area contributed by atoms with Gasteiger partial charge in [0.25, 0.3) is 0 Å². The van der Waals surface area contributed by atoms with Crippen LogP contribution in [-0.4, -0.2) is 21.6 Å². The van der Waals surface area contributed by atoms with Gasteiger partial charge in [-0.1, -0.05) is 0 Å². The molecule has 6 heteroatoms. The van der Waals surface area contributed by atoms with Crippen LogP contribution in [0.3, 0.4) is 0 Å². The van der Waals surface area contributed by atoms with E-state index in [9.17, 15) is 0 Å². The smallest absolute Gasteiger partial charge is 0.215 e. The summed E-state index contributed by atoms with van der Waals surface area (Å²) in [7, 11) is 1.60. The first-order valence-electron chi connectivity index (χ1n) is 6.30. The molecule has 5 nitrogen and oxygen atoms in total. The summed E-state index contributed by atoms with van der Waals surface area (Å²) in [6.07, 6.45) is 2.44. The predicted octanol–water partition coefficient (Wildman–Crippen LogP) is 3.01. The van der Waals surface area contributed by atoms with Crippen LogP contribution in [0.2, 0.25) is 0 Å². The number of halogens is 1. The maximum absolute atomic E-state index is 5.97. The maximum Gasteiger partial charge on any atom is 0.215 e. The fourth-order valence-electron chi connectivity index (χ4n) is 2.16. The standard InChI is InChI=1S/C14H14ClN3O2/c1-19-13-5-4-11-14(17-13)18(12(9-15)16-11)7-6-10-3-2-8-20-10/h2-5,8H,6-7,9H2,1H3. The molecule has 0 atom stereocenters. The highest BCUT2D eigenvalue weighted by molar-refractivity contribution is 6.16. The van der Waals surface area contributed by atoms with Crippen molar-refractivity contribution >= 4 is 22.8 Å². The molecule has 0 spiro atoms. The number of rotatable bonds is 5. The Bertz CT molecular complexity index is 707. The summed E-state index contributed by atoms with van der Waals surface area (Å²) in [5.41, 5.74) is 1.60. The Balaban J connectivity index is 1.97. The van der Waals surface area contributed by atoms with E-state index in [1.807, 2.05) is 22.8 Å². The van der Waals surface area contributed by atoms with Crippen molar-refractivity contribution in [1.29, 1.82) is 0 Å². The van der Waals surface area contributed by atoms with Crippen molar-refractivity contribution < 1.29 is 9.15 Å². The van der Waals surface area contributed by atoms with Crippen LogP contribution in [0.1, 0.15) is 11.6 Å². The molecule has 3 heterocycles. The number of hydrogen-bond acceptors (Lipinski definition) is 4. The highest BCUT2D eigenvalue weighted by Gasteiger charge is 2.12. The van der Waals surface area contributed by atoms with Crippen LogP contribution in [0.15, 0.2) is 34.9 Å². The third-order valence-electron chi connectivity index (χ3n) is 3.14. The van der Waals surface area contributed by atoms with Crippen LogP contribution >= 0.6 is 11.6 Å². The molecule has 0 unspecified atom stereocenters. The van der Waals surface area contributed by atoms with E-state index in [4.69, 9.17) is 20.8 Å². The number of furan rings is 1. The fraction of sp³-hybridized carbons (Fsp3) is 0.286. The molecule has 0 amide bonds. The third-order valence-corrected chi connectivity index (χ3v) is 3.38. The molecule has 0 bridgehead atoms. The largest absolute Gasteiger partial charge is 0.481 e. The van der Waals surface area contributed by atoms with Crippen molar-refractivity contribution in [2.75, 3.05) is 7.11 Å². The monoisotopic (exact) mass is 291 g/mol. The lowest BCUT2D eigenvalue weighted by molar-refractivity contribution is 0.398. The molecule has 104 valence electrons. The number of ether oxygens (including phenoxy) is 1. The van der Waals surface area contributed by atoms with Crippen LogP contribution in [-0.2, 0) is 18.8 Å². The van der Waals surface area contributed by atoms with Gasteiger partial charge in [-0.25, -0.2) is 4.98 Å². The number of methoxy groups -OCH3 is 1. The molecule has 0 saturated carbocycles. The zero-order chi connectivity index (χ0) is 13.9. The molecule has 3 aromatic heterocycles. The Kier molecular flexibility index (Phi) is 3.60. The van der Waals surface area contributed by atoms with Crippen molar-refractivity contribution in [2.45, 2.75) is 18.8 Å². The van der Waals surface area contributed by atoms with Gasteiger partial charge in [0.2, 0.25) is 5.88 Å². The number of aryl methyl sites for hydroxylation is 2. The van der Waals surface area contributed by atoms with Gasteiger partial charge in [0.1, 0.15) is 17.1 Å². The molecular weight excluding hydrogens is 278 g/mol. The van der Waals surface area contributed by atoms with Gasteiger partial charge in [-0.3, -0.25) is 0 Å². The average Bonchev–Trinajstić information content (AvgIpc) is 3.11. The van der Waals surface area contributed by atoms with Gasteiger partial charge in [0, 0.05) is 19.0 Å². The van der Waals surface area contributed by atoms with Crippen LogP contribution in [0.5, 0.6) is 5.88 Å². The Morgan fingerprint density at radius 1 is 1.30 bits per heavy atom. The molecule has 0 radical (unpaired) electrons. The summed E-state index contributed by atoms with van der Waals surface area (Å²) in [4.78, 5) is 8.94. The van der Waals surface area contributed by atoms with Gasteiger partial charge in [0.15, 0.2) is 5.65 Å². The molecule has 0 fully saturated rings. The van der Waals surface area contributed by atoms with Crippen LogP contribution in [0, 0.1) is 0 Å². The molecule has 0 saturated heterocycles. The second-order valence-electron chi connectivity index (χ2n) is 4.34. The minimum Gasteiger partial charge on any atom is -0.481 e. The lowest BCUT2D eigenvalue weighted by atomic mass is 10.3. The minimum atomic E-state index is 0.344. The fourth-order valence-corrected chi connectivity index (χ4v) is 2.36.